The van der Waals surface area contributed by atoms with Crippen molar-refractivity contribution < 1.29 is 13.2 Å². The number of benzene rings is 1. The van der Waals surface area contributed by atoms with Crippen molar-refractivity contribution in [3.05, 3.63) is 35.4 Å². The first-order valence-corrected chi connectivity index (χ1v) is 8.39. The number of hydrogen-bond donors (Lipinski definition) is 1. The van der Waals surface area contributed by atoms with Crippen molar-refractivity contribution in [1.82, 2.24) is 5.32 Å². The molecule has 0 amide bonds. The zero-order valence-electron chi connectivity index (χ0n) is 12.6. The quantitative estimate of drug-likeness (QED) is 0.859. The predicted octanol–water partition coefficient (Wildman–Crippen LogP) is 4.62. The number of rotatable bonds is 3. The molecule has 0 atom stereocenters. The molecule has 0 spiro atoms. The second kappa shape index (κ2) is 5.26. The molecule has 1 N–H and O–H groups in total. The largest absolute Gasteiger partial charge is 0.416 e. The Hall–Kier alpha value is -1.03. The van der Waals surface area contributed by atoms with E-state index >= 15 is 0 Å². The van der Waals surface area contributed by atoms with Gasteiger partial charge in [0.1, 0.15) is 0 Å². The Kier molecular flexibility index (Phi) is 3.48. The third kappa shape index (κ3) is 2.55. The van der Waals surface area contributed by atoms with Crippen LogP contribution in [0.25, 0.3) is 0 Å². The van der Waals surface area contributed by atoms with Crippen LogP contribution in [0, 0.1) is 23.7 Å². The average Bonchev–Trinajstić information content (AvgIpc) is 2.45. The van der Waals surface area contributed by atoms with Crippen LogP contribution in [0.4, 0.5) is 13.2 Å². The van der Waals surface area contributed by atoms with E-state index in [1.807, 2.05) is 0 Å². The van der Waals surface area contributed by atoms with Crippen LogP contribution >= 0.6 is 0 Å². The fourth-order valence-corrected chi connectivity index (χ4v) is 5.44. The monoisotopic (exact) mass is 309 g/mol. The molecule has 120 valence electrons. The molecule has 0 unspecified atom stereocenters. The fraction of sp³-hybridized carbons (Fsp3) is 0.667. The topological polar surface area (TPSA) is 12.0 Å². The Labute approximate surface area is 129 Å². The molecule has 1 aromatic carbocycles. The molecule has 4 heteroatoms. The van der Waals surface area contributed by atoms with Crippen LogP contribution in [-0.2, 0) is 12.7 Å². The van der Waals surface area contributed by atoms with E-state index < -0.39 is 11.7 Å². The maximum absolute atomic E-state index is 13.1. The third-order valence-electron chi connectivity index (χ3n) is 6.08. The van der Waals surface area contributed by atoms with Crippen LogP contribution in [0.5, 0.6) is 0 Å². The molecule has 1 nitrogen and oxygen atoms in total. The molecule has 0 radical (unpaired) electrons. The molecule has 0 aliphatic heterocycles. The van der Waals surface area contributed by atoms with E-state index in [4.69, 9.17) is 0 Å². The van der Waals surface area contributed by atoms with Gasteiger partial charge in [0.15, 0.2) is 0 Å². The highest BCUT2D eigenvalue weighted by atomic mass is 19.4. The summed E-state index contributed by atoms with van der Waals surface area (Å²) in [5, 5.41) is 3.49. The lowest BCUT2D eigenvalue weighted by Gasteiger charge is -2.54. The minimum absolute atomic E-state index is 0.336. The highest BCUT2D eigenvalue weighted by Crippen LogP contribution is 2.53. The molecule has 0 heterocycles. The Bertz CT molecular complexity index is 524. The maximum Gasteiger partial charge on any atom is 0.416 e. The zero-order chi connectivity index (χ0) is 15.3. The summed E-state index contributed by atoms with van der Waals surface area (Å²) in [4.78, 5) is 0. The number of alkyl halides is 3. The Morgan fingerprint density at radius 2 is 1.50 bits per heavy atom. The van der Waals surface area contributed by atoms with E-state index in [0.29, 0.717) is 30.0 Å². The van der Waals surface area contributed by atoms with Crippen molar-refractivity contribution >= 4 is 0 Å². The van der Waals surface area contributed by atoms with Gasteiger partial charge in [0.05, 0.1) is 5.56 Å². The summed E-state index contributed by atoms with van der Waals surface area (Å²) >= 11 is 0. The summed E-state index contributed by atoms with van der Waals surface area (Å²) in [6.07, 6.45) is 2.27. The first-order chi connectivity index (χ1) is 10.5. The number of nitrogens with one attached hydrogen (secondary N) is 1. The van der Waals surface area contributed by atoms with Gasteiger partial charge in [0.25, 0.3) is 0 Å². The SMILES string of the molecule is FC(F)(F)c1ccccc1CNC1C2CC3CC(C2)CC1C3. The van der Waals surface area contributed by atoms with E-state index in [0.717, 1.165) is 11.8 Å². The normalized spacial score (nSPS) is 36.8. The van der Waals surface area contributed by atoms with Crippen LogP contribution in [0.3, 0.4) is 0 Å². The summed E-state index contributed by atoms with van der Waals surface area (Å²) in [7, 11) is 0. The van der Waals surface area contributed by atoms with E-state index in [9.17, 15) is 13.2 Å². The summed E-state index contributed by atoms with van der Waals surface area (Å²) in [6, 6.07) is 6.38. The lowest BCUT2D eigenvalue weighted by atomic mass is 9.54. The van der Waals surface area contributed by atoms with Gasteiger partial charge in [0.2, 0.25) is 0 Å². The standard InChI is InChI=1S/C18H22F3N/c19-18(20,21)16-4-2-1-3-13(16)10-22-17-14-6-11-5-12(8-14)9-15(17)7-11/h1-4,11-12,14-15,17,22H,5-10H2. The van der Waals surface area contributed by atoms with Crippen LogP contribution in [0.1, 0.15) is 43.2 Å². The first-order valence-electron chi connectivity index (χ1n) is 8.39. The number of halogens is 3. The van der Waals surface area contributed by atoms with Crippen LogP contribution in [0.2, 0.25) is 0 Å². The summed E-state index contributed by atoms with van der Waals surface area (Å²) in [6.45, 7) is 0.336. The van der Waals surface area contributed by atoms with Crippen molar-refractivity contribution in [3.63, 3.8) is 0 Å². The zero-order valence-corrected chi connectivity index (χ0v) is 12.6. The Balaban J connectivity index is 1.48. The Morgan fingerprint density at radius 1 is 0.909 bits per heavy atom. The highest BCUT2D eigenvalue weighted by Gasteiger charge is 2.48. The maximum atomic E-state index is 13.1. The molecule has 4 aliphatic carbocycles. The summed E-state index contributed by atoms with van der Waals surface area (Å²) in [5.41, 5.74) is -0.116. The predicted molar refractivity (Wildman–Crippen MR) is 79.1 cm³/mol. The van der Waals surface area contributed by atoms with E-state index in [1.54, 1.807) is 12.1 Å². The van der Waals surface area contributed by atoms with Crippen LogP contribution < -0.4 is 5.32 Å². The second-order valence-electron chi connectivity index (χ2n) is 7.49. The second-order valence-corrected chi connectivity index (χ2v) is 7.49. The fourth-order valence-electron chi connectivity index (χ4n) is 5.44. The van der Waals surface area contributed by atoms with Gasteiger partial charge in [-0.05, 0) is 67.4 Å². The molecule has 4 fully saturated rings. The smallest absolute Gasteiger partial charge is 0.309 e. The van der Waals surface area contributed by atoms with Gasteiger partial charge < -0.3 is 5.32 Å². The summed E-state index contributed by atoms with van der Waals surface area (Å²) < 4.78 is 39.2. The van der Waals surface area contributed by atoms with E-state index in [2.05, 4.69) is 5.32 Å². The molecule has 22 heavy (non-hydrogen) atoms. The van der Waals surface area contributed by atoms with Crippen LogP contribution in [0.15, 0.2) is 24.3 Å². The lowest BCUT2D eigenvalue weighted by Crippen LogP contribution is -2.54. The van der Waals surface area contributed by atoms with Gasteiger partial charge in [-0.1, -0.05) is 18.2 Å². The average molecular weight is 309 g/mol. The molecular formula is C18H22F3N. The van der Waals surface area contributed by atoms with Crippen molar-refractivity contribution in [1.29, 1.82) is 0 Å². The van der Waals surface area contributed by atoms with Gasteiger partial charge >= 0.3 is 6.18 Å². The molecular weight excluding hydrogens is 287 g/mol. The van der Waals surface area contributed by atoms with Crippen molar-refractivity contribution in [2.75, 3.05) is 0 Å². The minimum atomic E-state index is -4.26. The number of hydrogen-bond acceptors (Lipinski definition) is 1. The van der Waals surface area contributed by atoms with E-state index in [-0.39, 0.29) is 0 Å². The van der Waals surface area contributed by atoms with Gasteiger partial charge in [-0.25, -0.2) is 0 Å². The van der Waals surface area contributed by atoms with Crippen molar-refractivity contribution in [2.45, 2.75) is 50.9 Å². The highest BCUT2D eigenvalue weighted by molar-refractivity contribution is 5.29. The molecule has 4 bridgehead atoms. The molecule has 0 saturated heterocycles. The van der Waals surface area contributed by atoms with Crippen LogP contribution in [-0.4, -0.2) is 6.04 Å². The van der Waals surface area contributed by atoms with Gasteiger partial charge in [-0.15, -0.1) is 0 Å². The van der Waals surface area contributed by atoms with Crippen molar-refractivity contribution in [3.8, 4) is 0 Å². The summed E-state index contributed by atoms with van der Waals surface area (Å²) in [5.74, 6) is 3.16. The van der Waals surface area contributed by atoms with Gasteiger partial charge in [-0.2, -0.15) is 13.2 Å². The Morgan fingerprint density at radius 3 is 2.09 bits per heavy atom. The van der Waals surface area contributed by atoms with Gasteiger partial charge in [-0.3, -0.25) is 0 Å². The molecule has 4 saturated carbocycles. The molecule has 4 aliphatic rings. The third-order valence-corrected chi connectivity index (χ3v) is 6.08. The van der Waals surface area contributed by atoms with E-state index in [1.165, 1.54) is 44.2 Å². The molecule has 0 aromatic heterocycles. The first kappa shape index (κ1) is 14.6. The van der Waals surface area contributed by atoms with Gasteiger partial charge in [0, 0.05) is 12.6 Å². The molecule has 5 rings (SSSR count). The van der Waals surface area contributed by atoms with Crippen molar-refractivity contribution in [2.24, 2.45) is 23.7 Å². The molecule has 1 aromatic rings. The minimum Gasteiger partial charge on any atom is -0.309 e. The lowest BCUT2D eigenvalue weighted by molar-refractivity contribution is -0.138.